The van der Waals surface area contributed by atoms with Crippen molar-refractivity contribution in [3.8, 4) is 5.75 Å². The Morgan fingerprint density at radius 1 is 1.37 bits per heavy atom. The number of carbonyl (C=O) groups is 1. The Morgan fingerprint density at radius 2 is 2.06 bits per heavy atom. The van der Waals surface area contributed by atoms with E-state index in [1.165, 1.54) is 30.7 Å². The zero-order valence-corrected chi connectivity index (χ0v) is 21.0. The van der Waals surface area contributed by atoms with Gasteiger partial charge in [-0.2, -0.15) is 5.09 Å². The van der Waals surface area contributed by atoms with Gasteiger partial charge in [-0.25, -0.2) is 4.57 Å². The van der Waals surface area contributed by atoms with Gasteiger partial charge in [0.05, 0.1) is 13.2 Å². The molecule has 1 aromatic heterocycles. The lowest BCUT2D eigenvalue weighted by Crippen LogP contribution is -2.45. The lowest BCUT2D eigenvalue weighted by molar-refractivity contribution is -0.144. The summed E-state index contributed by atoms with van der Waals surface area (Å²) in [6.45, 7) is 4.04. The number of aliphatic hydroxyl groups is 2. The van der Waals surface area contributed by atoms with E-state index in [2.05, 4.69) is 10.1 Å². The number of H-pyrrole nitrogens is 1. The zero-order valence-electron chi connectivity index (χ0n) is 19.3. The first-order valence-electron chi connectivity index (χ1n) is 10.8. The van der Waals surface area contributed by atoms with Crippen LogP contribution in [0, 0.1) is 4.77 Å². The van der Waals surface area contributed by atoms with Crippen molar-refractivity contribution >= 4 is 25.9 Å². The summed E-state index contributed by atoms with van der Waals surface area (Å²) in [7, 11) is -4.20. The number of aromatic amines is 1. The number of hydrogen-bond donors (Lipinski definition) is 4. The molecule has 14 heteroatoms. The number of aliphatic hydroxyl groups excluding tert-OH is 1. The third-order valence-electron chi connectivity index (χ3n) is 5.23. The van der Waals surface area contributed by atoms with Gasteiger partial charge in [0.15, 0.2) is 11.0 Å². The second-order valence-corrected chi connectivity index (χ2v) is 10.1. The molecule has 6 atom stereocenters. The maximum atomic E-state index is 13.5. The summed E-state index contributed by atoms with van der Waals surface area (Å²) in [5.74, 6) is -0.461. The Hall–Kier alpha value is -2.38. The van der Waals surface area contributed by atoms with Crippen LogP contribution in [0.5, 0.6) is 5.75 Å². The van der Waals surface area contributed by atoms with Gasteiger partial charge in [0.25, 0.3) is 5.56 Å². The average molecular weight is 530 g/mol. The van der Waals surface area contributed by atoms with E-state index < -0.39 is 56.0 Å². The second-order valence-electron chi connectivity index (χ2n) is 8.02. The molecule has 0 amide bonds. The average Bonchev–Trinajstić information content (AvgIpc) is 3.02. The van der Waals surface area contributed by atoms with Crippen molar-refractivity contribution in [3.63, 3.8) is 0 Å². The van der Waals surface area contributed by atoms with Crippen molar-refractivity contribution < 1.29 is 38.1 Å². The Kier molecular flexibility index (Phi) is 8.65. The number of para-hydroxylation sites is 1. The molecular formula is C21H28N3O9PS. The molecule has 1 saturated heterocycles. The molecule has 0 aliphatic carbocycles. The van der Waals surface area contributed by atoms with E-state index >= 15 is 0 Å². The van der Waals surface area contributed by atoms with Gasteiger partial charge < -0.3 is 24.2 Å². The minimum absolute atomic E-state index is 0.0282. The van der Waals surface area contributed by atoms with Crippen LogP contribution >= 0.6 is 20.0 Å². The summed E-state index contributed by atoms with van der Waals surface area (Å²) in [5.41, 5.74) is -2.29. The Labute approximate surface area is 206 Å². The third-order valence-corrected chi connectivity index (χ3v) is 7.18. The molecule has 1 aromatic carbocycles. The number of nitrogens with one attached hydrogen (secondary N) is 2. The van der Waals surface area contributed by atoms with Crippen LogP contribution < -0.4 is 15.2 Å². The van der Waals surface area contributed by atoms with Gasteiger partial charge in [-0.3, -0.25) is 23.7 Å². The van der Waals surface area contributed by atoms with Crippen molar-refractivity contribution in [3.05, 3.63) is 57.7 Å². The van der Waals surface area contributed by atoms with Crippen LogP contribution in [0.25, 0.3) is 0 Å². The predicted octanol–water partition coefficient (Wildman–Crippen LogP) is 1.66. The minimum atomic E-state index is -4.20. The topological polar surface area (TPSA) is 161 Å². The quantitative estimate of drug-likeness (QED) is 0.201. The van der Waals surface area contributed by atoms with Crippen LogP contribution in [-0.4, -0.2) is 62.8 Å². The fourth-order valence-electron chi connectivity index (χ4n) is 3.43. The molecule has 1 aliphatic rings. The summed E-state index contributed by atoms with van der Waals surface area (Å²) in [4.78, 5) is 26.0. The van der Waals surface area contributed by atoms with Crippen LogP contribution in [0.15, 0.2) is 47.4 Å². The summed E-state index contributed by atoms with van der Waals surface area (Å²) >= 11 is 5.13. The first kappa shape index (κ1) is 27.2. The van der Waals surface area contributed by atoms with Gasteiger partial charge in [0.2, 0.25) is 0 Å². The fraction of sp³-hybridized carbons (Fsp3) is 0.476. The highest BCUT2D eigenvalue weighted by Gasteiger charge is 2.53. The van der Waals surface area contributed by atoms with Crippen molar-refractivity contribution in [1.29, 1.82) is 0 Å². The molecule has 2 unspecified atom stereocenters. The van der Waals surface area contributed by atoms with Gasteiger partial charge >= 0.3 is 13.7 Å². The lowest BCUT2D eigenvalue weighted by Gasteiger charge is -2.28. The van der Waals surface area contributed by atoms with Gasteiger partial charge in [-0.1, -0.05) is 18.2 Å². The Balaban J connectivity index is 1.80. The first-order chi connectivity index (χ1) is 16.5. The molecule has 1 aliphatic heterocycles. The molecule has 0 radical (unpaired) electrons. The van der Waals surface area contributed by atoms with E-state index in [-0.39, 0.29) is 17.1 Å². The summed E-state index contributed by atoms with van der Waals surface area (Å²) in [6, 6.07) is 8.30. The largest absolute Gasteiger partial charge is 0.465 e. The summed E-state index contributed by atoms with van der Waals surface area (Å²) in [5, 5.41) is 24.2. The van der Waals surface area contributed by atoms with Gasteiger partial charge in [-0.05, 0) is 45.1 Å². The smallest absolute Gasteiger partial charge is 0.459 e. The molecule has 0 bridgehead atoms. The SMILES string of the molecule is CCOC(=O)[C@H](C)NP(=O)(OC[C@H]1O[C@@H](n2ccc(=O)[nH]c2=S)[C@](C)(O)C1O)Oc1ccccc1. The molecule has 1 fully saturated rings. The Morgan fingerprint density at radius 3 is 2.69 bits per heavy atom. The standard InChI is InChI=1S/C21H28N3O9PS/c1-4-30-18(27)13(2)23-34(29,33-14-8-6-5-7-9-14)31-12-15-17(26)21(3,28)19(32-15)24-11-10-16(25)22-20(24)35/h5-11,13,15,17,19,26,28H,4,12H2,1-3H3,(H,23,29)(H,22,25,35)/t13-,15+,17?,19+,21+,34?/m0/s1. The Bertz CT molecular complexity index is 1190. The number of esters is 1. The van der Waals surface area contributed by atoms with E-state index in [1.807, 2.05) is 0 Å². The highest BCUT2D eigenvalue weighted by molar-refractivity contribution is 7.71. The first-order valence-corrected chi connectivity index (χ1v) is 12.7. The van der Waals surface area contributed by atoms with Crippen LogP contribution in [-0.2, 0) is 23.4 Å². The number of hydrogen-bond acceptors (Lipinski definition) is 10. The normalized spacial score (nSPS) is 26.6. The number of nitrogens with zero attached hydrogens (tertiary/aromatic N) is 1. The van der Waals surface area contributed by atoms with Crippen LogP contribution in [0.2, 0.25) is 0 Å². The van der Waals surface area contributed by atoms with Crippen molar-refractivity contribution in [2.75, 3.05) is 13.2 Å². The number of ether oxygens (including phenoxy) is 2. The molecule has 2 aromatic rings. The van der Waals surface area contributed by atoms with E-state index in [0.29, 0.717) is 0 Å². The van der Waals surface area contributed by atoms with Gasteiger partial charge in [0, 0.05) is 12.3 Å². The maximum absolute atomic E-state index is 13.5. The van der Waals surface area contributed by atoms with Crippen LogP contribution in [0.4, 0.5) is 0 Å². The second kappa shape index (κ2) is 11.1. The molecule has 0 saturated carbocycles. The number of carbonyl (C=O) groups excluding carboxylic acids is 1. The number of benzene rings is 1. The monoisotopic (exact) mass is 529 g/mol. The zero-order chi connectivity index (χ0) is 25.8. The van der Waals surface area contributed by atoms with E-state index in [1.54, 1.807) is 37.3 Å². The molecule has 192 valence electrons. The maximum Gasteiger partial charge on any atom is 0.459 e. The highest BCUT2D eigenvalue weighted by Crippen LogP contribution is 2.47. The molecule has 4 N–H and O–H groups in total. The van der Waals surface area contributed by atoms with E-state index in [9.17, 15) is 24.4 Å². The highest BCUT2D eigenvalue weighted by atomic mass is 32.1. The van der Waals surface area contributed by atoms with Crippen molar-refractivity contribution in [2.24, 2.45) is 0 Å². The van der Waals surface area contributed by atoms with Gasteiger partial charge in [-0.15, -0.1) is 0 Å². The molecule has 0 spiro atoms. The molecule has 12 nitrogen and oxygen atoms in total. The van der Waals surface area contributed by atoms with Crippen LogP contribution in [0.3, 0.4) is 0 Å². The fourth-order valence-corrected chi connectivity index (χ4v) is 5.19. The summed E-state index contributed by atoms with van der Waals surface area (Å²) in [6.07, 6.45) is -2.52. The third kappa shape index (κ3) is 6.44. The molecule has 3 rings (SSSR count). The molecule has 2 heterocycles. The van der Waals surface area contributed by atoms with Crippen molar-refractivity contribution in [1.82, 2.24) is 14.6 Å². The minimum Gasteiger partial charge on any atom is -0.465 e. The summed E-state index contributed by atoms with van der Waals surface area (Å²) < 4.78 is 36.6. The van der Waals surface area contributed by atoms with E-state index in [4.69, 9.17) is 30.7 Å². The number of aromatic nitrogens is 2. The molecule has 35 heavy (non-hydrogen) atoms. The van der Waals surface area contributed by atoms with Gasteiger partial charge in [0.1, 0.15) is 29.6 Å². The lowest BCUT2D eigenvalue weighted by atomic mass is 9.96. The number of rotatable bonds is 10. The van der Waals surface area contributed by atoms with Crippen LogP contribution in [0.1, 0.15) is 27.0 Å². The molecular weight excluding hydrogens is 501 g/mol. The predicted molar refractivity (Wildman–Crippen MR) is 126 cm³/mol. The van der Waals surface area contributed by atoms with E-state index in [0.717, 1.165) is 0 Å². The van der Waals surface area contributed by atoms with Crippen molar-refractivity contribution in [2.45, 2.75) is 50.8 Å².